The van der Waals surface area contributed by atoms with Crippen molar-refractivity contribution in [1.29, 1.82) is 0 Å². The lowest BCUT2D eigenvalue weighted by molar-refractivity contribution is 0.194. The number of nitrogens with zero attached hydrogens (tertiary/aromatic N) is 1. The van der Waals surface area contributed by atoms with Crippen molar-refractivity contribution in [3.63, 3.8) is 0 Å². The minimum atomic E-state index is -0.463. The number of halogens is 2. The maximum atomic E-state index is 14.6. The standard InChI is InChI=1S/C16H18F2N2S/c1-11-4-5-12(17)14(15(11)18)16(13-3-2-10-21-13)20-8-6-19-7-9-20/h2-5,10,16,19H,6-9H2,1H3/t16-/m0/s1. The Hall–Kier alpha value is -1.30. The topological polar surface area (TPSA) is 15.3 Å². The molecule has 3 rings (SSSR count). The fourth-order valence-electron chi connectivity index (χ4n) is 2.82. The van der Waals surface area contributed by atoms with E-state index in [1.807, 2.05) is 17.5 Å². The average molecular weight is 308 g/mol. The van der Waals surface area contributed by atoms with Gasteiger partial charge in [0.25, 0.3) is 0 Å². The fraction of sp³-hybridized carbons (Fsp3) is 0.375. The fourth-order valence-corrected chi connectivity index (χ4v) is 3.69. The van der Waals surface area contributed by atoms with E-state index in [2.05, 4.69) is 10.2 Å². The summed E-state index contributed by atoms with van der Waals surface area (Å²) >= 11 is 1.55. The normalized spacial score (nSPS) is 17.9. The van der Waals surface area contributed by atoms with Gasteiger partial charge in [-0.3, -0.25) is 4.90 Å². The highest BCUT2D eigenvalue weighted by Crippen LogP contribution is 2.35. The van der Waals surface area contributed by atoms with E-state index in [-0.39, 0.29) is 11.6 Å². The minimum Gasteiger partial charge on any atom is -0.314 e. The van der Waals surface area contributed by atoms with Crippen LogP contribution in [0, 0.1) is 18.6 Å². The molecule has 0 radical (unpaired) electrons. The molecule has 0 bridgehead atoms. The maximum Gasteiger partial charge on any atom is 0.134 e. The Labute approximate surface area is 127 Å². The Morgan fingerprint density at radius 1 is 1.19 bits per heavy atom. The van der Waals surface area contributed by atoms with Crippen LogP contribution in [0.2, 0.25) is 0 Å². The molecule has 5 heteroatoms. The van der Waals surface area contributed by atoms with Crippen molar-refractivity contribution in [2.24, 2.45) is 0 Å². The van der Waals surface area contributed by atoms with E-state index in [4.69, 9.17) is 0 Å². The summed E-state index contributed by atoms with van der Waals surface area (Å²) in [5.41, 5.74) is 0.669. The molecule has 2 heterocycles. The second-order valence-electron chi connectivity index (χ2n) is 5.30. The van der Waals surface area contributed by atoms with E-state index in [1.54, 1.807) is 18.3 Å². The van der Waals surface area contributed by atoms with Crippen molar-refractivity contribution < 1.29 is 8.78 Å². The van der Waals surface area contributed by atoms with Gasteiger partial charge in [0.2, 0.25) is 0 Å². The van der Waals surface area contributed by atoms with Gasteiger partial charge in [-0.2, -0.15) is 0 Å². The summed E-state index contributed by atoms with van der Waals surface area (Å²) in [5.74, 6) is -0.887. The van der Waals surface area contributed by atoms with E-state index in [0.717, 1.165) is 31.1 Å². The molecule has 1 N–H and O–H groups in total. The summed E-state index contributed by atoms with van der Waals surface area (Å²) in [5, 5.41) is 5.24. The molecular formula is C16H18F2N2S. The number of nitrogens with one attached hydrogen (secondary N) is 1. The Balaban J connectivity index is 2.09. The van der Waals surface area contributed by atoms with Crippen molar-refractivity contribution >= 4 is 11.3 Å². The second-order valence-corrected chi connectivity index (χ2v) is 6.28. The van der Waals surface area contributed by atoms with Crippen LogP contribution in [0.5, 0.6) is 0 Å². The SMILES string of the molecule is Cc1ccc(F)c([C@H](c2cccs2)N2CCNCC2)c1F. The molecule has 0 saturated carbocycles. The molecule has 2 aromatic rings. The highest BCUT2D eigenvalue weighted by molar-refractivity contribution is 7.10. The summed E-state index contributed by atoms with van der Waals surface area (Å²) in [7, 11) is 0. The molecule has 1 atom stereocenters. The van der Waals surface area contributed by atoms with E-state index in [1.165, 1.54) is 12.1 Å². The van der Waals surface area contributed by atoms with Crippen LogP contribution in [0.1, 0.15) is 22.0 Å². The first kappa shape index (κ1) is 14.6. The molecule has 112 valence electrons. The second kappa shape index (κ2) is 6.22. The van der Waals surface area contributed by atoms with Crippen LogP contribution < -0.4 is 5.32 Å². The van der Waals surface area contributed by atoms with Crippen LogP contribution >= 0.6 is 11.3 Å². The number of piperazine rings is 1. The monoisotopic (exact) mass is 308 g/mol. The predicted molar refractivity (Wildman–Crippen MR) is 81.7 cm³/mol. The Morgan fingerprint density at radius 2 is 1.95 bits per heavy atom. The predicted octanol–water partition coefficient (Wildman–Crippen LogP) is 3.33. The van der Waals surface area contributed by atoms with Crippen molar-refractivity contribution in [2.45, 2.75) is 13.0 Å². The first-order valence-corrected chi connectivity index (χ1v) is 7.99. The van der Waals surface area contributed by atoms with Crippen molar-refractivity contribution in [3.8, 4) is 0 Å². The minimum absolute atomic E-state index is 0.180. The van der Waals surface area contributed by atoms with E-state index >= 15 is 0 Å². The Bertz CT molecular complexity index is 607. The molecule has 1 aromatic heterocycles. The van der Waals surface area contributed by atoms with Gasteiger partial charge in [0, 0.05) is 36.6 Å². The van der Waals surface area contributed by atoms with E-state index in [0.29, 0.717) is 5.56 Å². The zero-order valence-corrected chi connectivity index (χ0v) is 12.7. The summed E-state index contributed by atoms with van der Waals surface area (Å²) in [6, 6.07) is 6.42. The van der Waals surface area contributed by atoms with Crippen LogP contribution in [-0.4, -0.2) is 31.1 Å². The number of rotatable bonds is 3. The van der Waals surface area contributed by atoms with Gasteiger partial charge in [-0.15, -0.1) is 11.3 Å². The lowest BCUT2D eigenvalue weighted by Gasteiger charge is -2.35. The van der Waals surface area contributed by atoms with Gasteiger partial charge in [-0.1, -0.05) is 12.1 Å². The van der Waals surface area contributed by atoms with Gasteiger partial charge in [-0.25, -0.2) is 8.78 Å². The number of hydrogen-bond donors (Lipinski definition) is 1. The lowest BCUT2D eigenvalue weighted by atomic mass is 9.99. The van der Waals surface area contributed by atoms with Crippen molar-refractivity contribution in [2.75, 3.05) is 26.2 Å². The molecule has 0 spiro atoms. The first-order valence-electron chi connectivity index (χ1n) is 7.11. The molecule has 2 nitrogen and oxygen atoms in total. The number of benzene rings is 1. The third-order valence-electron chi connectivity index (χ3n) is 3.92. The number of hydrogen-bond acceptors (Lipinski definition) is 3. The number of thiophene rings is 1. The third kappa shape index (κ3) is 2.86. The van der Waals surface area contributed by atoms with Gasteiger partial charge in [0.1, 0.15) is 11.6 Å². The Morgan fingerprint density at radius 3 is 2.62 bits per heavy atom. The van der Waals surface area contributed by atoms with E-state index < -0.39 is 11.6 Å². The zero-order chi connectivity index (χ0) is 14.8. The highest BCUT2D eigenvalue weighted by atomic mass is 32.1. The molecule has 0 aliphatic carbocycles. The third-order valence-corrected chi connectivity index (χ3v) is 4.85. The summed E-state index contributed by atoms with van der Waals surface area (Å²) < 4.78 is 28.9. The van der Waals surface area contributed by atoms with Crippen LogP contribution in [-0.2, 0) is 0 Å². The van der Waals surface area contributed by atoms with Crippen molar-refractivity contribution in [3.05, 3.63) is 57.3 Å². The zero-order valence-electron chi connectivity index (χ0n) is 11.9. The smallest absolute Gasteiger partial charge is 0.134 e. The van der Waals surface area contributed by atoms with Crippen LogP contribution in [0.4, 0.5) is 8.78 Å². The molecular weight excluding hydrogens is 290 g/mol. The maximum absolute atomic E-state index is 14.6. The van der Waals surface area contributed by atoms with Gasteiger partial charge in [-0.05, 0) is 30.0 Å². The molecule has 1 aliphatic heterocycles. The molecule has 1 fully saturated rings. The quantitative estimate of drug-likeness (QED) is 0.935. The first-order chi connectivity index (χ1) is 10.2. The average Bonchev–Trinajstić information content (AvgIpc) is 3.02. The summed E-state index contributed by atoms with van der Waals surface area (Å²) in [6.07, 6.45) is 0. The lowest BCUT2D eigenvalue weighted by Crippen LogP contribution is -2.45. The van der Waals surface area contributed by atoms with Gasteiger partial charge < -0.3 is 5.32 Å². The van der Waals surface area contributed by atoms with Crippen LogP contribution in [0.25, 0.3) is 0 Å². The highest BCUT2D eigenvalue weighted by Gasteiger charge is 2.30. The van der Waals surface area contributed by atoms with Crippen molar-refractivity contribution in [1.82, 2.24) is 10.2 Å². The summed E-state index contributed by atoms with van der Waals surface area (Å²) in [4.78, 5) is 3.14. The van der Waals surface area contributed by atoms with Crippen LogP contribution in [0.15, 0.2) is 29.6 Å². The number of aryl methyl sites for hydroxylation is 1. The van der Waals surface area contributed by atoms with Gasteiger partial charge in [0.05, 0.1) is 6.04 Å². The molecule has 1 aliphatic rings. The van der Waals surface area contributed by atoms with E-state index in [9.17, 15) is 8.78 Å². The molecule has 1 aromatic carbocycles. The molecule has 0 amide bonds. The summed E-state index contributed by atoms with van der Waals surface area (Å²) in [6.45, 7) is 4.94. The Kier molecular flexibility index (Phi) is 4.33. The largest absolute Gasteiger partial charge is 0.314 e. The molecule has 21 heavy (non-hydrogen) atoms. The van der Waals surface area contributed by atoms with Gasteiger partial charge in [0.15, 0.2) is 0 Å². The van der Waals surface area contributed by atoms with Gasteiger partial charge >= 0.3 is 0 Å². The van der Waals surface area contributed by atoms with Crippen LogP contribution in [0.3, 0.4) is 0 Å². The molecule has 0 unspecified atom stereocenters. The molecule has 1 saturated heterocycles.